The van der Waals surface area contributed by atoms with Crippen molar-refractivity contribution in [3.63, 3.8) is 0 Å². The Kier molecular flexibility index (Phi) is 3.66. The van der Waals surface area contributed by atoms with Crippen molar-refractivity contribution in [1.29, 1.82) is 0 Å². The molecule has 0 aromatic heterocycles. The summed E-state index contributed by atoms with van der Waals surface area (Å²) < 4.78 is 4.80. The van der Waals surface area contributed by atoms with Gasteiger partial charge in [0.25, 0.3) is 5.91 Å². The number of benzene rings is 1. The average molecular weight is 261 g/mol. The molecule has 5 heteroatoms. The summed E-state index contributed by atoms with van der Waals surface area (Å²) in [6.07, 6.45) is 1.52. The van der Waals surface area contributed by atoms with Crippen LogP contribution in [-0.2, 0) is 19.9 Å². The van der Waals surface area contributed by atoms with E-state index in [1.165, 1.54) is 6.08 Å². The first-order valence-electron chi connectivity index (χ1n) is 6.04. The molecule has 2 rings (SSSR count). The minimum atomic E-state index is -1.64. The molecule has 1 aromatic carbocycles. The van der Waals surface area contributed by atoms with Gasteiger partial charge in [0.1, 0.15) is 5.70 Å². The van der Waals surface area contributed by atoms with Crippen molar-refractivity contribution in [2.75, 3.05) is 6.61 Å². The van der Waals surface area contributed by atoms with Crippen molar-refractivity contribution >= 4 is 11.9 Å². The molecule has 1 unspecified atom stereocenters. The smallest absolute Gasteiger partial charge is 0.354 e. The molecule has 0 bridgehead atoms. The Balaban J connectivity index is 2.24. The van der Waals surface area contributed by atoms with E-state index in [-0.39, 0.29) is 18.7 Å². The van der Waals surface area contributed by atoms with Gasteiger partial charge in [0.05, 0.1) is 6.61 Å². The summed E-state index contributed by atoms with van der Waals surface area (Å²) in [5.74, 6) is -1.21. The van der Waals surface area contributed by atoms with Gasteiger partial charge in [-0.05, 0) is 18.6 Å². The van der Waals surface area contributed by atoms with E-state index in [2.05, 4.69) is 5.32 Å². The van der Waals surface area contributed by atoms with Gasteiger partial charge in [-0.1, -0.05) is 30.3 Å². The van der Waals surface area contributed by atoms with Gasteiger partial charge >= 0.3 is 5.97 Å². The first kappa shape index (κ1) is 13.3. The van der Waals surface area contributed by atoms with Gasteiger partial charge in [-0.3, -0.25) is 4.79 Å². The van der Waals surface area contributed by atoms with Crippen LogP contribution in [0.3, 0.4) is 0 Å². The predicted octanol–water partition coefficient (Wildman–Crippen LogP) is 0.841. The van der Waals surface area contributed by atoms with E-state index in [0.29, 0.717) is 5.56 Å². The van der Waals surface area contributed by atoms with E-state index in [1.807, 2.05) is 0 Å². The highest BCUT2D eigenvalue weighted by molar-refractivity contribution is 5.98. The van der Waals surface area contributed by atoms with Crippen molar-refractivity contribution in [2.45, 2.75) is 18.9 Å². The van der Waals surface area contributed by atoms with E-state index in [1.54, 1.807) is 37.3 Å². The predicted molar refractivity (Wildman–Crippen MR) is 67.8 cm³/mol. The molecule has 0 aliphatic carbocycles. The van der Waals surface area contributed by atoms with Crippen LogP contribution in [0.2, 0.25) is 0 Å². The lowest BCUT2D eigenvalue weighted by Crippen LogP contribution is -2.48. The second kappa shape index (κ2) is 5.24. The van der Waals surface area contributed by atoms with Crippen molar-refractivity contribution in [1.82, 2.24) is 5.32 Å². The number of nitrogens with one attached hydrogen (secondary N) is 1. The Bertz CT molecular complexity index is 524. The number of ether oxygens (including phenoxy) is 1. The van der Waals surface area contributed by atoms with Crippen LogP contribution in [-0.4, -0.2) is 23.6 Å². The van der Waals surface area contributed by atoms with Gasteiger partial charge in [-0.2, -0.15) is 0 Å². The standard InChI is InChI=1S/C14H15NO4/c1-2-19-12(16)11-8-9-14(18,13(17)15-11)10-6-4-3-5-7-10/h3-8,18H,2,9H2,1H3,(H,15,17). The minimum Gasteiger partial charge on any atom is -0.461 e. The van der Waals surface area contributed by atoms with E-state index in [0.717, 1.165) is 0 Å². The molecular weight excluding hydrogens is 246 g/mol. The molecule has 0 fully saturated rings. The highest BCUT2D eigenvalue weighted by Crippen LogP contribution is 2.29. The summed E-state index contributed by atoms with van der Waals surface area (Å²) in [7, 11) is 0. The van der Waals surface area contributed by atoms with Crippen molar-refractivity contribution < 1.29 is 19.4 Å². The van der Waals surface area contributed by atoms with Crippen molar-refractivity contribution in [3.05, 3.63) is 47.7 Å². The molecule has 0 saturated heterocycles. The number of rotatable bonds is 3. The zero-order valence-corrected chi connectivity index (χ0v) is 10.6. The topological polar surface area (TPSA) is 75.6 Å². The van der Waals surface area contributed by atoms with Crippen LogP contribution in [0.25, 0.3) is 0 Å². The normalized spacial score (nSPS) is 22.4. The fourth-order valence-corrected chi connectivity index (χ4v) is 1.93. The molecule has 1 heterocycles. The van der Waals surface area contributed by atoms with Crippen LogP contribution in [0.1, 0.15) is 18.9 Å². The fourth-order valence-electron chi connectivity index (χ4n) is 1.93. The van der Waals surface area contributed by atoms with Gasteiger partial charge in [0.15, 0.2) is 5.60 Å². The molecule has 19 heavy (non-hydrogen) atoms. The van der Waals surface area contributed by atoms with E-state index in [9.17, 15) is 14.7 Å². The summed E-state index contributed by atoms with van der Waals surface area (Å²) in [5, 5.41) is 12.8. The Morgan fingerprint density at radius 1 is 1.42 bits per heavy atom. The second-order valence-electron chi connectivity index (χ2n) is 4.22. The Morgan fingerprint density at radius 2 is 2.11 bits per heavy atom. The van der Waals surface area contributed by atoms with E-state index in [4.69, 9.17) is 4.74 Å². The summed E-state index contributed by atoms with van der Waals surface area (Å²) in [6, 6.07) is 8.62. The number of amides is 1. The zero-order valence-electron chi connectivity index (χ0n) is 10.6. The lowest BCUT2D eigenvalue weighted by molar-refractivity contribution is -0.146. The number of aliphatic hydroxyl groups is 1. The van der Waals surface area contributed by atoms with Crippen molar-refractivity contribution in [2.24, 2.45) is 0 Å². The molecule has 0 radical (unpaired) electrons. The Hall–Kier alpha value is -2.14. The van der Waals surface area contributed by atoms with Gasteiger partial charge < -0.3 is 15.2 Å². The number of hydrogen-bond acceptors (Lipinski definition) is 4. The number of carbonyl (C=O) groups excluding carboxylic acids is 2. The van der Waals surface area contributed by atoms with E-state index >= 15 is 0 Å². The molecule has 1 aromatic rings. The lowest BCUT2D eigenvalue weighted by Gasteiger charge is -2.30. The SMILES string of the molecule is CCOC(=O)C1=CCC(O)(c2ccccc2)C(=O)N1. The van der Waals surface area contributed by atoms with Crippen LogP contribution in [0, 0.1) is 0 Å². The fraction of sp³-hybridized carbons (Fsp3) is 0.286. The number of hydrogen-bond donors (Lipinski definition) is 2. The molecule has 0 spiro atoms. The minimum absolute atomic E-state index is 0.0387. The second-order valence-corrected chi connectivity index (χ2v) is 4.22. The molecule has 1 atom stereocenters. The summed E-state index contributed by atoms with van der Waals surface area (Å²) >= 11 is 0. The molecule has 1 aliphatic rings. The highest BCUT2D eigenvalue weighted by Gasteiger charge is 2.41. The molecule has 2 N–H and O–H groups in total. The maximum absolute atomic E-state index is 12.0. The van der Waals surface area contributed by atoms with Gasteiger partial charge in [0.2, 0.25) is 0 Å². The zero-order chi connectivity index (χ0) is 13.9. The van der Waals surface area contributed by atoms with Crippen LogP contribution in [0.4, 0.5) is 0 Å². The maximum atomic E-state index is 12.0. The van der Waals surface area contributed by atoms with Crippen LogP contribution in [0.5, 0.6) is 0 Å². The van der Waals surface area contributed by atoms with Crippen LogP contribution in [0.15, 0.2) is 42.1 Å². The summed E-state index contributed by atoms with van der Waals surface area (Å²) in [5.41, 5.74) is -1.07. The summed E-state index contributed by atoms with van der Waals surface area (Å²) in [6.45, 7) is 1.92. The molecule has 5 nitrogen and oxygen atoms in total. The molecule has 0 saturated carbocycles. The van der Waals surface area contributed by atoms with Gasteiger partial charge in [-0.25, -0.2) is 4.79 Å². The Labute approximate surface area is 110 Å². The van der Waals surface area contributed by atoms with Crippen LogP contribution >= 0.6 is 0 Å². The maximum Gasteiger partial charge on any atom is 0.354 e. The Morgan fingerprint density at radius 3 is 2.68 bits per heavy atom. The molecule has 1 aliphatic heterocycles. The van der Waals surface area contributed by atoms with Crippen molar-refractivity contribution in [3.8, 4) is 0 Å². The summed E-state index contributed by atoms with van der Waals surface area (Å²) in [4.78, 5) is 23.5. The lowest BCUT2D eigenvalue weighted by atomic mass is 9.87. The van der Waals surface area contributed by atoms with Gasteiger partial charge in [0, 0.05) is 6.42 Å². The quantitative estimate of drug-likeness (QED) is 0.791. The van der Waals surface area contributed by atoms with Gasteiger partial charge in [-0.15, -0.1) is 0 Å². The number of esters is 1. The monoisotopic (exact) mass is 261 g/mol. The third-order valence-corrected chi connectivity index (χ3v) is 2.97. The third-order valence-electron chi connectivity index (χ3n) is 2.97. The first-order valence-corrected chi connectivity index (χ1v) is 6.04. The largest absolute Gasteiger partial charge is 0.461 e. The van der Waals surface area contributed by atoms with Crippen LogP contribution < -0.4 is 5.32 Å². The molecular formula is C14H15NO4. The molecule has 1 amide bonds. The number of carbonyl (C=O) groups is 2. The average Bonchev–Trinajstić information content (AvgIpc) is 2.43. The third kappa shape index (κ3) is 2.51. The van der Waals surface area contributed by atoms with E-state index < -0.39 is 17.5 Å². The first-order chi connectivity index (χ1) is 9.08. The highest BCUT2D eigenvalue weighted by atomic mass is 16.5. The molecule has 100 valence electrons.